The highest BCUT2D eigenvalue weighted by Gasteiger charge is 2.14. The molecule has 9 heteroatoms. The van der Waals surface area contributed by atoms with Crippen LogP contribution in [0.5, 0.6) is 0 Å². The van der Waals surface area contributed by atoms with E-state index in [0.29, 0.717) is 12.1 Å². The first-order valence-corrected chi connectivity index (χ1v) is 11.4. The van der Waals surface area contributed by atoms with E-state index >= 15 is 0 Å². The summed E-state index contributed by atoms with van der Waals surface area (Å²) in [5.74, 6) is -1.24. The number of amides is 1. The fraction of sp³-hybridized carbons (Fsp3) is 0.238. The van der Waals surface area contributed by atoms with E-state index in [1.165, 1.54) is 11.0 Å². The molecular formula is C21H23BrN2O5S. The zero-order chi connectivity index (χ0) is 22.1. The molecule has 0 fully saturated rings. The Balaban J connectivity index is 1.75. The lowest BCUT2D eigenvalue weighted by atomic mass is 10.2. The SMILES string of the molecule is Cc1ccc(/C=C/S(=O)(=O)NCC(=O)OCC(=O)N(C)Cc2ccc(Br)cc2)cc1. The Kier molecular flexibility index (Phi) is 8.76. The van der Waals surface area contributed by atoms with Gasteiger partial charge in [-0.1, -0.05) is 57.9 Å². The molecule has 30 heavy (non-hydrogen) atoms. The second-order valence-electron chi connectivity index (χ2n) is 6.62. The standard InChI is InChI=1S/C21H23BrN2O5S/c1-16-3-5-17(6-4-16)11-12-30(27,28)23-13-21(26)29-15-20(25)24(2)14-18-7-9-19(22)10-8-18/h3-12,23H,13-15H2,1-2H3/b12-11+. The lowest BCUT2D eigenvalue weighted by Gasteiger charge is -2.17. The van der Waals surface area contributed by atoms with Crippen LogP contribution in [0, 0.1) is 6.92 Å². The molecule has 2 aromatic rings. The maximum atomic E-state index is 12.1. The number of esters is 1. The first-order valence-electron chi connectivity index (χ1n) is 9.03. The number of ether oxygens (including phenoxy) is 1. The average molecular weight is 495 g/mol. The Hall–Kier alpha value is -2.49. The largest absolute Gasteiger partial charge is 0.455 e. The van der Waals surface area contributed by atoms with Crippen molar-refractivity contribution < 1.29 is 22.7 Å². The van der Waals surface area contributed by atoms with E-state index in [2.05, 4.69) is 20.7 Å². The smallest absolute Gasteiger partial charge is 0.321 e. The van der Waals surface area contributed by atoms with E-state index in [9.17, 15) is 18.0 Å². The number of hydrogen-bond donors (Lipinski definition) is 1. The molecule has 0 aliphatic heterocycles. The maximum absolute atomic E-state index is 12.1. The van der Waals surface area contributed by atoms with Gasteiger partial charge in [0.2, 0.25) is 10.0 Å². The molecule has 1 amide bonds. The minimum Gasteiger partial charge on any atom is -0.455 e. The van der Waals surface area contributed by atoms with Crippen molar-refractivity contribution in [3.05, 3.63) is 75.1 Å². The van der Waals surface area contributed by atoms with Crippen molar-refractivity contribution in [2.75, 3.05) is 20.2 Å². The second-order valence-corrected chi connectivity index (χ2v) is 9.18. The summed E-state index contributed by atoms with van der Waals surface area (Å²) in [5, 5.41) is 0.974. The van der Waals surface area contributed by atoms with Gasteiger partial charge in [0.1, 0.15) is 6.54 Å². The van der Waals surface area contributed by atoms with Gasteiger partial charge in [-0.2, -0.15) is 0 Å². The van der Waals surface area contributed by atoms with Gasteiger partial charge in [0, 0.05) is 23.5 Å². The van der Waals surface area contributed by atoms with Gasteiger partial charge in [-0.05, 0) is 36.3 Å². The van der Waals surface area contributed by atoms with Gasteiger partial charge in [0.05, 0.1) is 0 Å². The van der Waals surface area contributed by atoms with Crippen LogP contribution in [0.25, 0.3) is 6.08 Å². The number of nitrogens with one attached hydrogen (secondary N) is 1. The molecule has 1 N–H and O–H groups in total. The van der Waals surface area contributed by atoms with Crippen molar-refractivity contribution in [3.8, 4) is 0 Å². The predicted octanol–water partition coefficient (Wildman–Crippen LogP) is 2.85. The number of likely N-dealkylation sites (N-methyl/N-ethyl adjacent to an activating group) is 1. The van der Waals surface area contributed by atoms with E-state index in [1.807, 2.05) is 43.3 Å². The fourth-order valence-electron chi connectivity index (χ4n) is 2.31. The summed E-state index contributed by atoms with van der Waals surface area (Å²) in [7, 11) is -2.22. The van der Waals surface area contributed by atoms with Gasteiger partial charge in [0.15, 0.2) is 6.61 Å². The van der Waals surface area contributed by atoms with Crippen LogP contribution in [0.15, 0.2) is 58.4 Å². The van der Waals surface area contributed by atoms with Crippen LogP contribution in [-0.2, 0) is 30.9 Å². The van der Waals surface area contributed by atoms with Crippen LogP contribution < -0.4 is 4.72 Å². The van der Waals surface area contributed by atoms with Gasteiger partial charge in [-0.3, -0.25) is 9.59 Å². The molecule has 7 nitrogen and oxygen atoms in total. The number of sulfonamides is 1. The Morgan fingerprint density at radius 1 is 1.10 bits per heavy atom. The lowest BCUT2D eigenvalue weighted by Crippen LogP contribution is -2.34. The Bertz CT molecular complexity index is 1000. The lowest BCUT2D eigenvalue weighted by molar-refractivity contribution is -0.150. The topological polar surface area (TPSA) is 92.8 Å². The number of nitrogens with zero attached hydrogens (tertiary/aromatic N) is 1. The summed E-state index contributed by atoms with van der Waals surface area (Å²) >= 11 is 3.34. The van der Waals surface area contributed by atoms with Crippen LogP contribution in [0.2, 0.25) is 0 Å². The third-order valence-electron chi connectivity index (χ3n) is 4.05. The van der Waals surface area contributed by atoms with E-state index in [-0.39, 0.29) is 0 Å². The number of halogens is 1. The van der Waals surface area contributed by atoms with Crippen molar-refractivity contribution in [2.24, 2.45) is 0 Å². The quantitative estimate of drug-likeness (QED) is 0.541. The highest BCUT2D eigenvalue weighted by molar-refractivity contribution is 9.10. The molecule has 0 aliphatic carbocycles. The molecule has 160 valence electrons. The predicted molar refractivity (Wildman–Crippen MR) is 119 cm³/mol. The van der Waals surface area contributed by atoms with Crippen LogP contribution >= 0.6 is 15.9 Å². The van der Waals surface area contributed by atoms with Crippen molar-refractivity contribution >= 4 is 43.9 Å². The number of carbonyl (C=O) groups is 2. The number of rotatable bonds is 9. The van der Waals surface area contributed by atoms with Crippen LogP contribution in [0.1, 0.15) is 16.7 Å². The Labute approximate surface area is 184 Å². The molecule has 2 aromatic carbocycles. The Morgan fingerprint density at radius 3 is 2.37 bits per heavy atom. The molecule has 0 radical (unpaired) electrons. The molecule has 0 heterocycles. The second kappa shape index (κ2) is 11.1. The molecule has 0 aliphatic rings. The van der Waals surface area contributed by atoms with Gasteiger partial charge >= 0.3 is 5.97 Å². The molecule has 0 saturated carbocycles. The van der Waals surface area contributed by atoms with Gasteiger partial charge in [-0.25, -0.2) is 13.1 Å². The van der Waals surface area contributed by atoms with Gasteiger partial charge in [0.25, 0.3) is 5.91 Å². The molecule has 0 atom stereocenters. The average Bonchev–Trinajstić information content (AvgIpc) is 2.72. The zero-order valence-corrected chi connectivity index (χ0v) is 19.1. The highest BCUT2D eigenvalue weighted by Crippen LogP contribution is 2.12. The van der Waals surface area contributed by atoms with Crippen molar-refractivity contribution in [2.45, 2.75) is 13.5 Å². The zero-order valence-electron chi connectivity index (χ0n) is 16.7. The minimum atomic E-state index is -3.81. The molecule has 0 spiro atoms. The van der Waals surface area contributed by atoms with Crippen molar-refractivity contribution in [3.63, 3.8) is 0 Å². The summed E-state index contributed by atoms with van der Waals surface area (Å²) in [6.45, 7) is 1.26. The summed E-state index contributed by atoms with van der Waals surface area (Å²) < 4.78 is 31.8. The number of benzene rings is 2. The van der Waals surface area contributed by atoms with Crippen LogP contribution in [0.3, 0.4) is 0 Å². The molecule has 0 unspecified atom stereocenters. The summed E-state index contributed by atoms with van der Waals surface area (Å²) in [6, 6.07) is 14.8. The van der Waals surface area contributed by atoms with Crippen molar-refractivity contribution in [1.29, 1.82) is 0 Å². The third-order valence-corrected chi connectivity index (χ3v) is 5.62. The first-order chi connectivity index (χ1) is 14.1. The summed E-state index contributed by atoms with van der Waals surface area (Å²) in [6.07, 6.45) is 1.42. The normalized spacial score (nSPS) is 11.4. The van der Waals surface area contributed by atoms with E-state index < -0.39 is 35.1 Å². The first kappa shape index (κ1) is 23.8. The van der Waals surface area contributed by atoms with E-state index in [1.54, 1.807) is 19.2 Å². The molecule has 0 saturated heterocycles. The summed E-state index contributed by atoms with van der Waals surface area (Å²) in [4.78, 5) is 25.3. The molecular weight excluding hydrogens is 472 g/mol. The van der Waals surface area contributed by atoms with Gasteiger partial charge in [-0.15, -0.1) is 0 Å². The summed E-state index contributed by atoms with van der Waals surface area (Å²) in [5.41, 5.74) is 2.70. The number of aryl methyl sites for hydroxylation is 1. The van der Waals surface area contributed by atoms with Crippen LogP contribution in [-0.4, -0.2) is 45.4 Å². The van der Waals surface area contributed by atoms with E-state index in [0.717, 1.165) is 21.0 Å². The van der Waals surface area contributed by atoms with Crippen LogP contribution in [0.4, 0.5) is 0 Å². The Morgan fingerprint density at radius 2 is 1.73 bits per heavy atom. The highest BCUT2D eigenvalue weighted by atomic mass is 79.9. The van der Waals surface area contributed by atoms with Gasteiger partial charge < -0.3 is 9.64 Å². The van der Waals surface area contributed by atoms with Crippen molar-refractivity contribution in [1.82, 2.24) is 9.62 Å². The van der Waals surface area contributed by atoms with E-state index in [4.69, 9.17) is 4.74 Å². The molecule has 0 aromatic heterocycles. The third kappa shape index (κ3) is 8.48. The maximum Gasteiger partial charge on any atom is 0.321 e. The molecule has 0 bridgehead atoms. The number of carbonyl (C=O) groups excluding carboxylic acids is 2. The minimum absolute atomic E-state index is 0.361. The fourth-order valence-corrected chi connectivity index (χ4v) is 3.32. The monoisotopic (exact) mass is 494 g/mol. The number of hydrogen-bond acceptors (Lipinski definition) is 5. The molecule has 2 rings (SSSR count).